The Morgan fingerprint density at radius 1 is 0.158 bits per heavy atom. The van der Waals surface area contributed by atoms with Gasteiger partial charge in [0, 0.05) is 136 Å². The minimum absolute atomic E-state index is 0.564. The van der Waals surface area contributed by atoms with Crippen molar-refractivity contribution in [3.05, 3.63) is 352 Å². The third kappa shape index (κ3) is 11.1. The lowest BCUT2D eigenvalue weighted by Gasteiger charge is -2.11. The second kappa shape index (κ2) is 26.9. The number of fused-ring (bicyclic) bond motifs is 18. The maximum Gasteiger partial charge on any atom is 0.167 e. The van der Waals surface area contributed by atoms with Crippen LogP contribution in [0.3, 0.4) is 0 Å². The number of benzene rings is 16. The van der Waals surface area contributed by atoms with Crippen LogP contribution in [0.4, 0.5) is 0 Å². The molecule has 0 aliphatic carbocycles. The summed E-state index contributed by atoms with van der Waals surface area (Å²) in [4.78, 5) is 30.3. The van der Waals surface area contributed by atoms with Crippen LogP contribution in [0.25, 0.3) is 237 Å². The Morgan fingerprint density at radius 3 is 0.947 bits per heavy atom. The summed E-state index contributed by atoms with van der Waals surface area (Å²) in [5.41, 5.74) is 17.5. The second-order valence-corrected chi connectivity index (χ2v) is 33.0. The summed E-state index contributed by atoms with van der Waals surface area (Å²) >= 11 is 7.35. The molecule has 16 aromatic carbocycles. The van der Waals surface area contributed by atoms with Crippen molar-refractivity contribution in [2.75, 3.05) is 0 Å². The topological polar surface area (TPSA) is 104 Å². The fraction of sp³-hybridized carbons (Fsp3) is 0. The number of para-hydroxylation sites is 2. The van der Waals surface area contributed by atoms with Crippen molar-refractivity contribution in [3.8, 4) is 113 Å². The molecule has 0 aliphatic heterocycles. The Labute approximate surface area is 668 Å². The first kappa shape index (κ1) is 65.9. The summed E-state index contributed by atoms with van der Waals surface area (Å²) in [5, 5.41) is 14.3. The Hall–Kier alpha value is -14.0. The summed E-state index contributed by atoms with van der Waals surface area (Å²) in [5.74, 6) is 3.58. The van der Waals surface area contributed by atoms with E-state index in [0.29, 0.717) is 34.9 Å². The van der Waals surface area contributed by atoms with Crippen LogP contribution in [0.2, 0.25) is 0 Å². The summed E-state index contributed by atoms with van der Waals surface area (Å²) in [7, 11) is 0. The van der Waals surface area contributed by atoms with Gasteiger partial charge in [0.15, 0.2) is 34.9 Å². The van der Waals surface area contributed by atoms with Gasteiger partial charge in [0.25, 0.3) is 0 Å². The molecule has 0 spiro atoms. The quantitative estimate of drug-likeness (QED) is 0.133. The summed E-state index contributed by atoms with van der Waals surface area (Å²) in [6.07, 6.45) is 0. The highest BCUT2D eigenvalue weighted by Crippen LogP contribution is 2.51. The van der Waals surface area contributed by atoms with Crippen LogP contribution >= 0.6 is 45.3 Å². The van der Waals surface area contributed by atoms with Gasteiger partial charge in [-0.2, -0.15) is 0 Å². The molecule has 24 rings (SSSR count). The molecule has 0 saturated carbocycles. The molecular weight excluding hydrogens is 1470 g/mol. The molecule has 8 heterocycles. The number of aromatic nitrogens is 6. The Kier molecular flexibility index (Phi) is 15.5. The first-order chi connectivity index (χ1) is 56.5. The highest BCUT2D eigenvalue weighted by molar-refractivity contribution is 7.27. The average Bonchev–Trinajstić information content (AvgIpc) is 1.56. The van der Waals surface area contributed by atoms with Crippen LogP contribution < -0.4 is 0 Å². The van der Waals surface area contributed by atoms with Gasteiger partial charge in [0.2, 0.25) is 0 Å². The monoisotopic (exact) mass is 1530 g/mol. The van der Waals surface area contributed by atoms with Crippen LogP contribution in [0.1, 0.15) is 0 Å². The van der Waals surface area contributed by atoms with Crippen LogP contribution in [-0.2, 0) is 0 Å². The van der Waals surface area contributed by atoms with Gasteiger partial charge >= 0.3 is 0 Å². The molecule has 532 valence electrons. The second-order valence-electron chi connectivity index (χ2n) is 28.6. The van der Waals surface area contributed by atoms with Gasteiger partial charge in [-0.05, 0) is 130 Å². The molecule has 0 bridgehead atoms. The van der Waals surface area contributed by atoms with Crippen LogP contribution in [0.15, 0.2) is 361 Å². The van der Waals surface area contributed by atoms with E-state index in [1.807, 2.05) is 167 Å². The number of nitrogens with zero attached hydrogens (tertiary/aromatic N) is 6. The van der Waals surface area contributed by atoms with Gasteiger partial charge in [-0.1, -0.05) is 255 Å². The van der Waals surface area contributed by atoms with Gasteiger partial charge in [0.05, 0.1) is 11.1 Å². The van der Waals surface area contributed by atoms with Gasteiger partial charge in [-0.15, -0.1) is 45.3 Å². The standard InChI is InChI=1S/2C51H29N3OS2/c1-3-14-30(15-4-1)49-52-50(31-16-5-2-6-17-31)54-51(53-49)38-23-11-22-35-40-29-32(33-20-12-26-43-45(33)36-18-7-9-24-41(36)56-43)28-39(48(40)55-47(35)38)34-21-13-27-44-46(34)37-19-8-10-25-42(37)57-44;1-3-12-30(13-4-1)49-52-50(31-14-5-2-6-15-31)54-51(53-49)38-19-11-18-37-42-29-34(32-22-24-45-40(26-32)35-16-7-9-20-43(35)56-45)28-39(48(42)55-47(37)38)33-23-25-46-41(27-33)36-17-8-10-21-44(36)57-46/h2*1-29H. The fourth-order valence-electron chi connectivity index (χ4n) is 16.6. The van der Waals surface area contributed by atoms with E-state index < -0.39 is 0 Å². The summed E-state index contributed by atoms with van der Waals surface area (Å²) in [6.45, 7) is 0. The van der Waals surface area contributed by atoms with Gasteiger partial charge < -0.3 is 8.83 Å². The highest BCUT2D eigenvalue weighted by atomic mass is 32.1. The highest BCUT2D eigenvalue weighted by Gasteiger charge is 2.26. The predicted octanol–water partition coefficient (Wildman–Crippen LogP) is 29.7. The van der Waals surface area contributed by atoms with Crippen molar-refractivity contribution in [3.63, 3.8) is 0 Å². The zero-order valence-corrected chi connectivity index (χ0v) is 63.9. The summed E-state index contributed by atoms with van der Waals surface area (Å²) in [6, 6.07) is 124. The minimum Gasteiger partial charge on any atom is -0.455 e. The Morgan fingerprint density at radius 2 is 0.465 bits per heavy atom. The van der Waals surface area contributed by atoms with Crippen molar-refractivity contribution < 1.29 is 8.83 Å². The normalized spacial score (nSPS) is 11.9. The molecule has 0 fully saturated rings. The van der Waals surface area contributed by atoms with E-state index in [9.17, 15) is 0 Å². The fourth-order valence-corrected chi connectivity index (χ4v) is 21.0. The number of rotatable bonds is 10. The number of furan rings is 2. The lowest BCUT2D eigenvalue weighted by atomic mass is 9.92. The molecule has 0 saturated heterocycles. The number of hydrogen-bond donors (Lipinski definition) is 0. The Bertz CT molecular complexity index is 7890. The van der Waals surface area contributed by atoms with E-state index in [-0.39, 0.29) is 0 Å². The number of thiophene rings is 4. The summed E-state index contributed by atoms with van der Waals surface area (Å²) < 4.78 is 24.5. The molecule has 0 aliphatic rings. The number of hydrogen-bond acceptors (Lipinski definition) is 12. The van der Waals surface area contributed by atoms with Gasteiger partial charge in [-0.25, -0.2) is 29.9 Å². The third-order valence-corrected chi connectivity index (χ3v) is 26.5. The first-order valence-corrected chi connectivity index (χ1v) is 41.1. The molecule has 8 nitrogen and oxygen atoms in total. The molecule has 0 radical (unpaired) electrons. The molecule has 0 unspecified atom stereocenters. The van der Waals surface area contributed by atoms with E-state index in [4.69, 9.17) is 38.7 Å². The van der Waals surface area contributed by atoms with Crippen molar-refractivity contribution in [2.24, 2.45) is 0 Å². The molecule has 0 atom stereocenters. The zero-order valence-electron chi connectivity index (χ0n) is 60.6. The maximum atomic E-state index is 7.19. The smallest absolute Gasteiger partial charge is 0.167 e. The average molecular weight is 1530 g/mol. The predicted molar refractivity (Wildman–Crippen MR) is 480 cm³/mol. The molecule has 12 heteroatoms. The third-order valence-electron chi connectivity index (χ3n) is 21.9. The van der Waals surface area contributed by atoms with Gasteiger partial charge in [-0.3, -0.25) is 0 Å². The van der Waals surface area contributed by atoms with Crippen LogP contribution in [-0.4, -0.2) is 29.9 Å². The zero-order chi connectivity index (χ0) is 74.9. The van der Waals surface area contributed by atoms with Crippen LogP contribution in [0, 0.1) is 0 Å². The van der Waals surface area contributed by atoms with E-state index in [0.717, 1.165) is 111 Å². The van der Waals surface area contributed by atoms with Crippen molar-refractivity contribution >= 4 is 170 Å². The van der Waals surface area contributed by atoms with Gasteiger partial charge in [0.1, 0.15) is 22.3 Å². The van der Waals surface area contributed by atoms with E-state index in [2.05, 4.69) is 231 Å². The van der Waals surface area contributed by atoms with E-state index in [1.165, 1.54) is 91.8 Å². The van der Waals surface area contributed by atoms with Crippen molar-refractivity contribution in [1.82, 2.24) is 29.9 Å². The molecule has 0 amide bonds. The van der Waals surface area contributed by atoms with E-state index in [1.54, 1.807) is 0 Å². The van der Waals surface area contributed by atoms with Crippen molar-refractivity contribution in [1.29, 1.82) is 0 Å². The molecule has 114 heavy (non-hydrogen) atoms. The minimum atomic E-state index is 0.564. The molecule has 0 N–H and O–H groups in total. The maximum absolute atomic E-state index is 7.19. The molecular formula is C102H58N6O2S4. The SMILES string of the molecule is c1ccc(-c2nc(-c3ccccc3)nc(-c3cccc4c3oc3c(-c5ccc6sc7ccccc7c6c5)cc(-c5ccc6sc7ccccc7c6c5)cc34)n2)cc1.c1ccc(-c2nc(-c3ccccc3)nc(-c3cccc4c3oc3c(-c5cccc6sc7ccccc7c56)cc(-c5cccc6sc7ccccc7c56)cc34)n2)cc1. The molecule has 8 aromatic heterocycles. The largest absolute Gasteiger partial charge is 0.455 e. The lowest BCUT2D eigenvalue weighted by molar-refractivity contribution is 0.670. The first-order valence-electron chi connectivity index (χ1n) is 37.8. The van der Waals surface area contributed by atoms with E-state index >= 15 is 0 Å². The van der Waals surface area contributed by atoms with Crippen molar-refractivity contribution in [2.45, 2.75) is 0 Å². The Balaban J connectivity index is 0.000000135. The van der Waals surface area contributed by atoms with Crippen LogP contribution in [0.5, 0.6) is 0 Å². The lowest BCUT2D eigenvalue weighted by Crippen LogP contribution is -2.00. The molecule has 24 aromatic rings.